The molecule has 2 N–H and O–H groups in total. The van der Waals surface area contributed by atoms with Crippen LogP contribution in [-0.4, -0.2) is 17.6 Å². The first-order chi connectivity index (χ1) is 11.2. The molecule has 0 radical (unpaired) electrons. The van der Waals surface area contributed by atoms with Crippen LogP contribution in [0.1, 0.15) is 35.9 Å². The summed E-state index contributed by atoms with van der Waals surface area (Å²) in [5, 5.41) is 13.1. The third-order valence-electron chi connectivity index (χ3n) is 4.37. The fraction of sp³-hybridized carbons (Fsp3) is 0.316. The number of carbonyl (C=O) groups is 1. The molecule has 1 amide bonds. The highest BCUT2D eigenvalue weighted by atomic mass is 35.5. The van der Waals surface area contributed by atoms with Crippen LogP contribution >= 0.6 is 11.6 Å². The van der Waals surface area contributed by atoms with E-state index in [1.807, 2.05) is 54.6 Å². The summed E-state index contributed by atoms with van der Waals surface area (Å²) in [6, 6.07) is 17.3. The lowest BCUT2D eigenvalue weighted by Crippen LogP contribution is -2.30. The number of rotatable bonds is 6. The lowest BCUT2D eigenvalue weighted by Gasteiger charge is -2.18. The van der Waals surface area contributed by atoms with Crippen molar-refractivity contribution in [1.29, 1.82) is 0 Å². The molecule has 0 bridgehead atoms. The van der Waals surface area contributed by atoms with Crippen molar-refractivity contribution < 1.29 is 9.90 Å². The molecule has 3 unspecified atom stereocenters. The smallest absolute Gasteiger partial charge is 0.224 e. The minimum Gasteiger partial charge on any atom is -0.396 e. The van der Waals surface area contributed by atoms with Gasteiger partial charge in [0.2, 0.25) is 5.91 Å². The standard InChI is InChI=1S/C19H20ClNO2/c20-17-9-5-4-8-14(17)15-12-16(15)19(23)21-18(10-11-22)13-6-2-1-3-7-13/h1-9,15-16,18,22H,10-12H2,(H,21,23). The van der Waals surface area contributed by atoms with Gasteiger partial charge >= 0.3 is 0 Å². The average Bonchev–Trinajstić information content (AvgIpc) is 3.36. The van der Waals surface area contributed by atoms with Gasteiger partial charge in [-0.2, -0.15) is 0 Å². The minimum absolute atomic E-state index is 0.0280. The van der Waals surface area contributed by atoms with Crippen molar-refractivity contribution in [2.75, 3.05) is 6.61 Å². The summed E-state index contributed by atoms with van der Waals surface area (Å²) < 4.78 is 0. The highest BCUT2D eigenvalue weighted by Gasteiger charge is 2.45. The van der Waals surface area contributed by atoms with Crippen LogP contribution in [0.4, 0.5) is 0 Å². The van der Waals surface area contributed by atoms with Crippen LogP contribution in [0.15, 0.2) is 54.6 Å². The zero-order valence-electron chi connectivity index (χ0n) is 12.8. The predicted octanol–water partition coefficient (Wildman–Crippen LogP) is 3.68. The van der Waals surface area contributed by atoms with Crippen molar-refractivity contribution in [2.45, 2.75) is 24.8 Å². The molecule has 1 fully saturated rings. The van der Waals surface area contributed by atoms with Crippen molar-refractivity contribution in [3.63, 3.8) is 0 Å². The molecule has 0 spiro atoms. The number of hydrogen-bond acceptors (Lipinski definition) is 2. The Morgan fingerprint density at radius 3 is 2.57 bits per heavy atom. The molecule has 0 heterocycles. The van der Waals surface area contributed by atoms with Crippen LogP contribution in [0.2, 0.25) is 5.02 Å². The quantitative estimate of drug-likeness (QED) is 0.849. The number of aliphatic hydroxyl groups excluding tert-OH is 1. The SMILES string of the molecule is O=C(NC(CCO)c1ccccc1)C1CC1c1ccccc1Cl. The Labute approximate surface area is 141 Å². The first kappa shape index (κ1) is 16.0. The van der Waals surface area contributed by atoms with Gasteiger partial charge in [-0.25, -0.2) is 0 Å². The Balaban J connectivity index is 1.66. The maximum atomic E-state index is 12.5. The van der Waals surface area contributed by atoms with Gasteiger partial charge in [0.1, 0.15) is 0 Å². The molecular weight excluding hydrogens is 310 g/mol. The van der Waals surface area contributed by atoms with Crippen LogP contribution < -0.4 is 5.32 Å². The van der Waals surface area contributed by atoms with E-state index in [0.29, 0.717) is 6.42 Å². The molecule has 120 valence electrons. The van der Waals surface area contributed by atoms with E-state index in [9.17, 15) is 9.90 Å². The number of hydrogen-bond donors (Lipinski definition) is 2. The summed E-state index contributed by atoms with van der Waals surface area (Å²) in [5.74, 6) is 0.214. The second-order valence-electron chi connectivity index (χ2n) is 5.95. The van der Waals surface area contributed by atoms with Gasteiger partial charge in [-0.1, -0.05) is 60.1 Å². The fourth-order valence-electron chi connectivity index (χ4n) is 3.02. The lowest BCUT2D eigenvalue weighted by atomic mass is 10.0. The molecule has 0 aromatic heterocycles. The minimum atomic E-state index is -0.152. The van der Waals surface area contributed by atoms with Crippen molar-refractivity contribution in [1.82, 2.24) is 5.32 Å². The van der Waals surface area contributed by atoms with Crippen molar-refractivity contribution >= 4 is 17.5 Å². The van der Waals surface area contributed by atoms with Gasteiger partial charge in [-0.05, 0) is 36.0 Å². The molecule has 2 aromatic carbocycles. The Morgan fingerprint density at radius 2 is 1.87 bits per heavy atom. The number of halogens is 1. The molecule has 3 nitrogen and oxygen atoms in total. The highest BCUT2D eigenvalue weighted by molar-refractivity contribution is 6.31. The summed E-state index contributed by atoms with van der Waals surface area (Å²) in [7, 11) is 0. The lowest BCUT2D eigenvalue weighted by molar-refractivity contribution is -0.123. The van der Waals surface area contributed by atoms with Gasteiger partial charge in [-0.3, -0.25) is 4.79 Å². The number of nitrogens with one attached hydrogen (secondary N) is 1. The maximum Gasteiger partial charge on any atom is 0.224 e. The van der Waals surface area contributed by atoms with E-state index in [0.717, 1.165) is 22.6 Å². The zero-order valence-corrected chi connectivity index (χ0v) is 13.5. The van der Waals surface area contributed by atoms with Crippen molar-refractivity contribution in [2.24, 2.45) is 5.92 Å². The summed E-state index contributed by atoms with van der Waals surface area (Å²) >= 11 is 6.22. The van der Waals surface area contributed by atoms with E-state index in [1.54, 1.807) is 0 Å². The molecule has 0 saturated heterocycles. The molecule has 0 aliphatic heterocycles. The molecule has 4 heteroatoms. The molecular formula is C19H20ClNO2. The van der Waals surface area contributed by atoms with E-state index in [1.165, 1.54) is 0 Å². The third kappa shape index (κ3) is 3.74. The molecule has 23 heavy (non-hydrogen) atoms. The predicted molar refractivity (Wildman–Crippen MR) is 91.3 cm³/mol. The molecule has 1 saturated carbocycles. The summed E-state index contributed by atoms with van der Waals surface area (Å²) in [4.78, 5) is 12.5. The van der Waals surface area contributed by atoms with Gasteiger partial charge in [0.25, 0.3) is 0 Å². The van der Waals surface area contributed by atoms with Gasteiger partial charge < -0.3 is 10.4 Å². The summed E-state index contributed by atoms with van der Waals surface area (Å²) in [6.07, 6.45) is 1.34. The van der Waals surface area contributed by atoms with E-state index in [4.69, 9.17) is 11.6 Å². The first-order valence-electron chi connectivity index (χ1n) is 7.91. The Bertz CT molecular complexity index is 674. The average molecular weight is 330 g/mol. The normalized spacial score (nSPS) is 20.8. The fourth-order valence-corrected chi connectivity index (χ4v) is 3.30. The van der Waals surface area contributed by atoms with Gasteiger partial charge in [-0.15, -0.1) is 0 Å². The van der Waals surface area contributed by atoms with Gasteiger partial charge in [0.15, 0.2) is 0 Å². The maximum absolute atomic E-state index is 12.5. The largest absolute Gasteiger partial charge is 0.396 e. The molecule has 3 rings (SSSR count). The summed E-state index contributed by atoms with van der Waals surface area (Å²) in [6.45, 7) is 0.0401. The van der Waals surface area contributed by atoms with Gasteiger partial charge in [0, 0.05) is 17.5 Å². The number of aliphatic hydroxyl groups is 1. The monoisotopic (exact) mass is 329 g/mol. The van der Waals surface area contributed by atoms with E-state index >= 15 is 0 Å². The molecule has 2 aromatic rings. The number of benzene rings is 2. The molecule has 3 atom stereocenters. The summed E-state index contributed by atoms with van der Waals surface area (Å²) in [5.41, 5.74) is 2.07. The van der Waals surface area contributed by atoms with E-state index < -0.39 is 0 Å². The second-order valence-corrected chi connectivity index (χ2v) is 6.36. The number of carbonyl (C=O) groups excluding carboxylic acids is 1. The van der Waals surface area contributed by atoms with Gasteiger partial charge in [0.05, 0.1) is 6.04 Å². The van der Waals surface area contributed by atoms with Crippen molar-refractivity contribution in [3.8, 4) is 0 Å². The van der Waals surface area contributed by atoms with Crippen LogP contribution in [0.3, 0.4) is 0 Å². The molecule has 1 aliphatic carbocycles. The first-order valence-corrected chi connectivity index (χ1v) is 8.29. The van der Waals surface area contributed by atoms with E-state index in [-0.39, 0.29) is 30.4 Å². The molecule has 1 aliphatic rings. The van der Waals surface area contributed by atoms with Crippen LogP contribution in [0.5, 0.6) is 0 Å². The van der Waals surface area contributed by atoms with Crippen molar-refractivity contribution in [3.05, 3.63) is 70.7 Å². The Kier molecular flexibility index (Phi) is 4.99. The van der Waals surface area contributed by atoms with Crippen LogP contribution in [0.25, 0.3) is 0 Å². The zero-order chi connectivity index (χ0) is 16.2. The van der Waals surface area contributed by atoms with E-state index in [2.05, 4.69) is 5.32 Å². The van der Waals surface area contributed by atoms with Crippen LogP contribution in [0, 0.1) is 5.92 Å². The highest BCUT2D eigenvalue weighted by Crippen LogP contribution is 2.49. The second kappa shape index (κ2) is 7.16. The third-order valence-corrected chi connectivity index (χ3v) is 4.71. The topological polar surface area (TPSA) is 49.3 Å². The van der Waals surface area contributed by atoms with Crippen LogP contribution in [-0.2, 0) is 4.79 Å². The number of amides is 1. The Morgan fingerprint density at radius 1 is 1.17 bits per heavy atom. The Hall–Kier alpha value is -1.84.